The molecule has 0 bridgehead atoms. The maximum atomic E-state index is 12.8. The van der Waals surface area contributed by atoms with Crippen molar-refractivity contribution in [3.8, 4) is 0 Å². The summed E-state index contributed by atoms with van der Waals surface area (Å²) in [6.45, 7) is 0.357. The zero-order valence-corrected chi connectivity index (χ0v) is 19.8. The highest BCUT2D eigenvalue weighted by atomic mass is 16.6. The Balaban J connectivity index is 1.61. The van der Waals surface area contributed by atoms with Gasteiger partial charge < -0.3 is 14.8 Å². The van der Waals surface area contributed by atoms with Crippen molar-refractivity contribution in [2.24, 2.45) is 0 Å². The largest absolute Gasteiger partial charge is 0.458 e. The van der Waals surface area contributed by atoms with Gasteiger partial charge in [0.25, 0.3) is 0 Å². The summed E-state index contributed by atoms with van der Waals surface area (Å²) in [5.41, 5.74) is 2.54. The lowest BCUT2D eigenvalue weighted by Crippen LogP contribution is -2.50. The van der Waals surface area contributed by atoms with Gasteiger partial charge in [-0.1, -0.05) is 91.0 Å². The van der Waals surface area contributed by atoms with E-state index in [1.807, 2.05) is 91.0 Å². The first-order valence-corrected chi connectivity index (χ1v) is 11.2. The lowest BCUT2D eigenvalue weighted by Gasteiger charge is -2.29. The van der Waals surface area contributed by atoms with Crippen molar-refractivity contribution >= 4 is 18.1 Å². The Morgan fingerprint density at radius 3 is 1.83 bits per heavy atom. The molecule has 0 saturated heterocycles. The minimum absolute atomic E-state index is 0.0557. The van der Waals surface area contributed by atoms with E-state index in [2.05, 4.69) is 5.32 Å². The molecule has 1 unspecified atom stereocenters. The Bertz CT molecular complexity index is 1090. The SMILES string of the molecule is CN(C(=O)NCc1ccccc1)N(C)C(=O)OC(Cc1ccccc1)C(=O)OCc1ccccc1. The summed E-state index contributed by atoms with van der Waals surface area (Å²) in [7, 11) is 2.82. The lowest BCUT2D eigenvalue weighted by atomic mass is 10.1. The average Bonchev–Trinajstić information content (AvgIpc) is 2.90. The molecule has 0 fully saturated rings. The predicted molar refractivity (Wildman–Crippen MR) is 131 cm³/mol. The number of amides is 3. The summed E-state index contributed by atoms with van der Waals surface area (Å²) in [6, 6.07) is 27.3. The molecule has 3 amide bonds. The fourth-order valence-electron chi connectivity index (χ4n) is 3.17. The molecule has 0 aliphatic rings. The van der Waals surface area contributed by atoms with Crippen molar-refractivity contribution in [2.75, 3.05) is 14.1 Å². The van der Waals surface area contributed by atoms with Crippen LogP contribution in [0.25, 0.3) is 0 Å². The Hall–Kier alpha value is -4.33. The number of hydrogen-bond acceptors (Lipinski definition) is 5. The van der Waals surface area contributed by atoms with Crippen LogP contribution in [0, 0.1) is 0 Å². The molecule has 0 aromatic heterocycles. The molecule has 0 radical (unpaired) electrons. The quantitative estimate of drug-likeness (QED) is 0.390. The smallest absolute Gasteiger partial charge is 0.429 e. The number of carbonyl (C=O) groups is 3. The van der Waals surface area contributed by atoms with Crippen LogP contribution < -0.4 is 5.32 Å². The average molecular weight is 476 g/mol. The number of esters is 1. The zero-order valence-electron chi connectivity index (χ0n) is 19.8. The summed E-state index contributed by atoms with van der Waals surface area (Å²) in [5, 5.41) is 4.82. The van der Waals surface area contributed by atoms with Crippen LogP contribution in [-0.4, -0.2) is 48.3 Å². The van der Waals surface area contributed by atoms with E-state index in [9.17, 15) is 14.4 Å². The van der Waals surface area contributed by atoms with Crippen LogP contribution in [0.4, 0.5) is 9.59 Å². The highest BCUT2D eigenvalue weighted by molar-refractivity contribution is 5.81. The van der Waals surface area contributed by atoms with Gasteiger partial charge in [-0.15, -0.1) is 0 Å². The normalized spacial score (nSPS) is 11.1. The van der Waals surface area contributed by atoms with Crippen LogP contribution in [0.1, 0.15) is 16.7 Å². The van der Waals surface area contributed by atoms with Gasteiger partial charge in [0.1, 0.15) is 6.61 Å². The minimum Gasteiger partial charge on any atom is -0.458 e. The molecule has 8 heteroatoms. The van der Waals surface area contributed by atoms with Gasteiger partial charge in [-0.3, -0.25) is 0 Å². The highest BCUT2D eigenvalue weighted by Gasteiger charge is 2.29. The molecule has 1 N–H and O–H groups in total. The maximum absolute atomic E-state index is 12.8. The van der Waals surface area contributed by atoms with Crippen LogP contribution in [0.15, 0.2) is 91.0 Å². The molecule has 0 heterocycles. The topological polar surface area (TPSA) is 88.2 Å². The van der Waals surface area contributed by atoms with Gasteiger partial charge in [0, 0.05) is 27.1 Å². The molecular weight excluding hydrogens is 446 g/mol. The molecule has 0 spiro atoms. The monoisotopic (exact) mass is 475 g/mol. The second kappa shape index (κ2) is 12.8. The molecule has 3 aromatic carbocycles. The van der Waals surface area contributed by atoms with E-state index in [-0.39, 0.29) is 13.0 Å². The summed E-state index contributed by atoms with van der Waals surface area (Å²) in [4.78, 5) is 38.2. The van der Waals surface area contributed by atoms with Crippen molar-refractivity contribution in [2.45, 2.75) is 25.7 Å². The van der Waals surface area contributed by atoms with Crippen molar-refractivity contribution in [1.29, 1.82) is 0 Å². The van der Waals surface area contributed by atoms with Gasteiger partial charge in [0.15, 0.2) is 0 Å². The van der Waals surface area contributed by atoms with Crippen LogP contribution in [0.2, 0.25) is 0 Å². The van der Waals surface area contributed by atoms with E-state index < -0.39 is 24.2 Å². The van der Waals surface area contributed by atoms with Crippen LogP contribution in [0.5, 0.6) is 0 Å². The van der Waals surface area contributed by atoms with E-state index >= 15 is 0 Å². The highest BCUT2D eigenvalue weighted by Crippen LogP contribution is 2.12. The third-order valence-electron chi connectivity index (χ3n) is 5.29. The standard InChI is InChI=1S/C27H29N3O5/c1-29(26(32)28-19-22-14-8-4-9-15-22)30(2)27(33)35-24(18-21-12-6-3-7-13-21)25(31)34-20-23-16-10-5-11-17-23/h3-17,24H,18-20H2,1-2H3,(H,28,32). The number of hydrogen-bond donors (Lipinski definition) is 1. The second-order valence-electron chi connectivity index (χ2n) is 7.85. The second-order valence-corrected chi connectivity index (χ2v) is 7.85. The zero-order chi connectivity index (χ0) is 25.0. The summed E-state index contributed by atoms with van der Waals surface area (Å²) in [6.07, 6.45) is -1.91. The van der Waals surface area contributed by atoms with Gasteiger partial charge in [0.2, 0.25) is 6.10 Å². The fourth-order valence-corrected chi connectivity index (χ4v) is 3.17. The third kappa shape index (κ3) is 7.89. The first kappa shape index (κ1) is 25.3. The van der Waals surface area contributed by atoms with E-state index in [0.29, 0.717) is 6.54 Å². The Morgan fingerprint density at radius 2 is 1.26 bits per heavy atom. The number of nitrogens with zero attached hydrogens (tertiary/aromatic N) is 2. The lowest BCUT2D eigenvalue weighted by molar-refractivity contribution is -0.156. The fraction of sp³-hybridized carbons (Fsp3) is 0.222. The molecule has 182 valence electrons. The molecule has 3 rings (SSSR count). The van der Waals surface area contributed by atoms with Gasteiger partial charge >= 0.3 is 18.1 Å². The number of nitrogens with one attached hydrogen (secondary N) is 1. The minimum atomic E-state index is -1.18. The molecule has 35 heavy (non-hydrogen) atoms. The molecule has 8 nitrogen and oxygen atoms in total. The summed E-state index contributed by atoms with van der Waals surface area (Å²) < 4.78 is 10.9. The molecular formula is C27H29N3O5. The Morgan fingerprint density at radius 1 is 0.743 bits per heavy atom. The van der Waals surface area contributed by atoms with Crippen molar-refractivity contribution in [1.82, 2.24) is 15.3 Å². The Kier molecular flexibility index (Phi) is 9.24. The van der Waals surface area contributed by atoms with Crippen molar-refractivity contribution in [3.63, 3.8) is 0 Å². The van der Waals surface area contributed by atoms with Gasteiger partial charge in [0.05, 0.1) is 0 Å². The maximum Gasteiger partial charge on any atom is 0.429 e. The van der Waals surface area contributed by atoms with Crippen LogP contribution >= 0.6 is 0 Å². The molecule has 3 aromatic rings. The molecule has 0 aliphatic carbocycles. The molecule has 0 saturated carbocycles. The predicted octanol–water partition coefficient (Wildman–Crippen LogP) is 4.17. The molecule has 1 atom stereocenters. The van der Waals surface area contributed by atoms with E-state index in [1.165, 1.54) is 14.1 Å². The number of rotatable bonds is 8. The number of carbonyl (C=O) groups excluding carboxylic acids is 3. The summed E-state index contributed by atoms with van der Waals surface area (Å²) >= 11 is 0. The van der Waals surface area contributed by atoms with Crippen molar-refractivity contribution < 1.29 is 23.9 Å². The number of urea groups is 1. The first-order chi connectivity index (χ1) is 16.9. The Labute approximate surface area is 205 Å². The van der Waals surface area contributed by atoms with Crippen LogP contribution in [-0.2, 0) is 33.8 Å². The van der Waals surface area contributed by atoms with Gasteiger partial charge in [-0.25, -0.2) is 24.4 Å². The molecule has 0 aliphatic heterocycles. The number of benzene rings is 3. The van der Waals surface area contributed by atoms with Crippen molar-refractivity contribution in [3.05, 3.63) is 108 Å². The number of ether oxygens (including phenoxy) is 2. The van der Waals surface area contributed by atoms with E-state index in [1.54, 1.807) is 0 Å². The van der Waals surface area contributed by atoms with Gasteiger partial charge in [-0.05, 0) is 16.7 Å². The van der Waals surface area contributed by atoms with E-state index in [0.717, 1.165) is 26.7 Å². The summed E-state index contributed by atoms with van der Waals surface area (Å²) in [5.74, 6) is -0.671. The van der Waals surface area contributed by atoms with Crippen LogP contribution in [0.3, 0.4) is 0 Å². The first-order valence-electron chi connectivity index (χ1n) is 11.2. The third-order valence-corrected chi connectivity index (χ3v) is 5.29. The van der Waals surface area contributed by atoms with E-state index in [4.69, 9.17) is 9.47 Å². The number of hydrazine groups is 1. The van der Waals surface area contributed by atoms with Gasteiger partial charge in [-0.2, -0.15) is 0 Å².